The summed E-state index contributed by atoms with van der Waals surface area (Å²) in [6.45, 7) is 0.310. The Morgan fingerprint density at radius 3 is 2.72 bits per heavy atom. The molecule has 2 aromatic heterocycles. The Morgan fingerprint density at radius 1 is 1.04 bits per heavy atom. The topological polar surface area (TPSA) is 61.5 Å². The highest BCUT2D eigenvalue weighted by Crippen LogP contribution is 2.36. The van der Waals surface area contributed by atoms with E-state index >= 15 is 0 Å². The van der Waals surface area contributed by atoms with E-state index in [0.717, 1.165) is 0 Å². The molecular formula is C17H11FN4O2S. The molecule has 0 radical (unpaired) electrons. The second-order valence-electron chi connectivity index (χ2n) is 5.50. The molecule has 2 aromatic carbocycles. The van der Waals surface area contributed by atoms with Crippen LogP contribution in [0.5, 0.6) is 11.5 Å². The monoisotopic (exact) mass is 354 g/mol. The zero-order chi connectivity index (χ0) is 16.8. The summed E-state index contributed by atoms with van der Waals surface area (Å²) in [4.78, 5) is 0.579. The Balaban J connectivity index is 1.54. The predicted molar refractivity (Wildman–Crippen MR) is 89.4 cm³/mol. The number of para-hydroxylation sites is 2. The highest BCUT2D eigenvalue weighted by atomic mass is 32.1. The molecule has 1 atom stereocenters. The van der Waals surface area contributed by atoms with Crippen molar-refractivity contribution < 1.29 is 13.9 Å². The molecule has 0 fully saturated rings. The highest BCUT2D eigenvalue weighted by Gasteiger charge is 2.28. The molecule has 3 heterocycles. The molecule has 0 unspecified atom stereocenters. The van der Waals surface area contributed by atoms with Gasteiger partial charge in [-0.1, -0.05) is 35.6 Å². The average molecular weight is 354 g/mol. The van der Waals surface area contributed by atoms with Gasteiger partial charge in [0.2, 0.25) is 4.96 Å². The van der Waals surface area contributed by atoms with Crippen LogP contribution < -0.4 is 9.47 Å². The standard InChI is InChI=1S/C17H11FN4O2S/c18-11-6-2-1-5-10(11)16-21-22-15(19-20-17(22)25-16)14-9-23-12-7-3-4-8-13(12)24-14/h1-8,14H,9H2/t14-/m1/s1. The number of hydrogen-bond acceptors (Lipinski definition) is 6. The van der Waals surface area contributed by atoms with Crippen LogP contribution in [-0.4, -0.2) is 26.4 Å². The Kier molecular flexibility index (Phi) is 3.17. The number of ether oxygens (including phenoxy) is 2. The quantitative estimate of drug-likeness (QED) is 0.551. The summed E-state index contributed by atoms with van der Waals surface area (Å²) in [5.74, 6) is 1.56. The summed E-state index contributed by atoms with van der Waals surface area (Å²) in [6.07, 6.45) is -0.430. The normalized spacial score (nSPS) is 16.3. The van der Waals surface area contributed by atoms with Crippen molar-refractivity contribution >= 4 is 16.3 Å². The lowest BCUT2D eigenvalue weighted by Crippen LogP contribution is -2.23. The van der Waals surface area contributed by atoms with Crippen molar-refractivity contribution in [1.29, 1.82) is 0 Å². The van der Waals surface area contributed by atoms with Crippen molar-refractivity contribution in [2.45, 2.75) is 6.10 Å². The van der Waals surface area contributed by atoms with Gasteiger partial charge in [0.05, 0.1) is 0 Å². The van der Waals surface area contributed by atoms with E-state index in [4.69, 9.17) is 9.47 Å². The van der Waals surface area contributed by atoms with Gasteiger partial charge in [-0.05, 0) is 24.3 Å². The molecule has 0 amide bonds. The van der Waals surface area contributed by atoms with E-state index in [0.29, 0.717) is 39.5 Å². The number of halogens is 1. The van der Waals surface area contributed by atoms with Crippen LogP contribution in [0, 0.1) is 5.82 Å². The van der Waals surface area contributed by atoms with Crippen LogP contribution in [-0.2, 0) is 0 Å². The van der Waals surface area contributed by atoms with Gasteiger partial charge < -0.3 is 9.47 Å². The Hall–Kier alpha value is -3.00. The first-order valence-electron chi connectivity index (χ1n) is 7.65. The average Bonchev–Trinajstić information content (AvgIpc) is 3.22. The first-order chi connectivity index (χ1) is 12.3. The molecule has 8 heteroatoms. The molecule has 124 valence electrons. The minimum Gasteiger partial charge on any atom is -0.485 e. The minimum absolute atomic E-state index is 0.310. The number of hydrogen-bond donors (Lipinski definition) is 0. The SMILES string of the molecule is Fc1ccccc1-c1nn2c([C@H]3COc4ccccc4O3)nnc2s1. The number of nitrogens with zero attached hydrogens (tertiary/aromatic N) is 4. The van der Waals surface area contributed by atoms with Crippen molar-refractivity contribution in [2.24, 2.45) is 0 Å². The predicted octanol–water partition coefficient (Wildman–Crippen LogP) is 3.50. The first-order valence-corrected chi connectivity index (χ1v) is 8.47. The van der Waals surface area contributed by atoms with E-state index in [1.807, 2.05) is 24.3 Å². The Labute approximate surface area is 145 Å². The van der Waals surface area contributed by atoms with Gasteiger partial charge in [0.1, 0.15) is 12.4 Å². The molecule has 1 aliphatic rings. The fourth-order valence-corrected chi connectivity index (χ4v) is 3.60. The van der Waals surface area contributed by atoms with Gasteiger partial charge in [0, 0.05) is 5.56 Å². The summed E-state index contributed by atoms with van der Waals surface area (Å²) in [5, 5.41) is 13.3. The van der Waals surface area contributed by atoms with Crippen molar-refractivity contribution in [3.8, 4) is 22.1 Å². The van der Waals surface area contributed by atoms with Crippen molar-refractivity contribution in [3.05, 3.63) is 60.2 Å². The summed E-state index contributed by atoms with van der Waals surface area (Å²) in [5.41, 5.74) is 0.440. The summed E-state index contributed by atoms with van der Waals surface area (Å²) in [7, 11) is 0. The van der Waals surface area contributed by atoms with E-state index in [9.17, 15) is 4.39 Å². The van der Waals surface area contributed by atoms with E-state index < -0.39 is 6.10 Å². The molecule has 6 nitrogen and oxygen atoms in total. The largest absolute Gasteiger partial charge is 0.485 e. The number of benzene rings is 2. The zero-order valence-electron chi connectivity index (χ0n) is 12.8. The van der Waals surface area contributed by atoms with Gasteiger partial charge in [-0.25, -0.2) is 4.39 Å². The zero-order valence-corrected chi connectivity index (χ0v) is 13.6. The Bertz CT molecular complexity index is 1080. The minimum atomic E-state index is -0.430. The van der Waals surface area contributed by atoms with Crippen LogP contribution >= 0.6 is 11.3 Å². The highest BCUT2D eigenvalue weighted by molar-refractivity contribution is 7.19. The maximum Gasteiger partial charge on any atom is 0.235 e. The van der Waals surface area contributed by atoms with Gasteiger partial charge in [0.15, 0.2) is 28.4 Å². The lowest BCUT2D eigenvalue weighted by molar-refractivity contribution is 0.0836. The Morgan fingerprint density at radius 2 is 1.84 bits per heavy atom. The molecule has 0 N–H and O–H groups in total. The second-order valence-corrected chi connectivity index (χ2v) is 6.46. The maximum absolute atomic E-state index is 14.0. The molecule has 0 saturated heterocycles. The van der Waals surface area contributed by atoms with Crippen molar-refractivity contribution in [1.82, 2.24) is 19.8 Å². The van der Waals surface area contributed by atoms with E-state index in [2.05, 4.69) is 15.3 Å². The third-order valence-corrected chi connectivity index (χ3v) is 4.85. The van der Waals surface area contributed by atoms with E-state index in [1.165, 1.54) is 17.4 Å². The molecule has 5 rings (SSSR count). The van der Waals surface area contributed by atoms with Crippen LogP contribution in [0.15, 0.2) is 48.5 Å². The molecular weight excluding hydrogens is 343 g/mol. The van der Waals surface area contributed by atoms with Gasteiger partial charge in [-0.3, -0.25) is 0 Å². The maximum atomic E-state index is 14.0. The molecule has 0 saturated carbocycles. The van der Waals surface area contributed by atoms with Crippen molar-refractivity contribution in [2.75, 3.05) is 6.61 Å². The third kappa shape index (κ3) is 2.33. The summed E-state index contributed by atoms with van der Waals surface area (Å²) in [6, 6.07) is 14.0. The first kappa shape index (κ1) is 14.4. The molecule has 0 aliphatic carbocycles. The molecule has 0 bridgehead atoms. The lowest BCUT2D eigenvalue weighted by atomic mass is 10.2. The van der Waals surface area contributed by atoms with Crippen LogP contribution in [0.25, 0.3) is 15.5 Å². The fraction of sp³-hybridized carbons (Fsp3) is 0.118. The summed E-state index contributed by atoms with van der Waals surface area (Å²) >= 11 is 1.28. The number of fused-ring (bicyclic) bond motifs is 2. The summed E-state index contributed by atoms with van der Waals surface area (Å²) < 4.78 is 27.3. The second kappa shape index (κ2) is 5.52. The van der Waals surface area contributed by atoms with Gasteiger partial charge >= 0.3 is 0 Å². The van der Waals surface area contributed by atoms with Gasteiger partial charge in [-0.15, -0.1) is 10.2 Å². The molecule has 1 aliphatic heterocycles. The van der Waals surface area contributed by atoms with Crippen LogP contribution in [0.2, 0.25) is 0 Å². The third-order valence-electron chi connectivity index (χ3n) is 3.92. The van der Waals surface area contributed by atoms with Crippen molar-refractivity contribution in [3.63, 3.8) is 0 Å². The number of rotatable bonds is 2. The fourth-order valence-electron chi connectivity index (χ4n) is 2.72. The van der Waals surface area contributed by atoms with E-state index in [1.54, 1.807) is 22.7 Å². The van der Waals surface area contributed by atoms with Crippen LogP contribution in [0.4, 0.5) is 4.39 Å². The van der Waals surface area contributed by atoms with Crippen LogP contribution in [0.3, 0.4) is 0 Å². The van der Waals surface area contributed by atoms with Crippen LogP contribution in [0.1, 0.15) is 11.9 Å². The molecule has 4 aromatic rings. The van der Waals surface area contributed by atoms with Gasteiger partial charge in [-0.2, -0.15) is 9.61 Å². The lowest BCUT2D eigenvalue weighted by Gasteiger charge is -2.24. The smallest absolute Gasteiger partial charge is 0.235 e. The number of aromatic nitrogens is 4. The molecule has 0 spiro atoms. The van der Waals surface area contributed by atoms with E-state index in [-0.39, 0.29) is 5.82 Å². The molecule has 25 heavy (non-hydrogen) atoms. The van der Waals surface area contributed by atoms with Gasteiger partial charge in [0.25, 0.3) is 0 Å².